The summed E-state index contributed by atoms with van der Waals surface area (Å²) in [6.07, 6.45) is 10.2. The van der Waals surface area contributed by atoms with Crippen molar-refractivity contribution in [3.05, 3.63) is 12.2 Å². The van der Waals surface area contributed by atoms with Crippen molar-refractivity contribution in [2.24, 2.45) is 11.8 Å². The quantitative estimate of drug-likeness (QED) is 0.193. The molecule has 2 rings (SSSR count). The molecule has 1 saturated heterocycles. The van der Waals surface area contributed by atoms with Crippen molar-refractivity contribution in [2.45, 2.75) is 109 Å². The van der Waals surface area contributed by atoms with Crippen LogP contribution in [0.25, 0.3) is 0 Å². The molecule has 1 saturated carbocycles. The third-order valence-corrected chi connectivity index (χ3v) is 12.0. The van der Waals surface area contributed by atoms with E-state index in [0.29, 0.717) is 19.4 Å². The lowest BCUT2D eigenvalue weighted by atomic mass is 9.91. The Morgan fingerprint density at radius 1 is 1.19 bits per heavy atom. The number of methoxy groups -OCH3 is 1. The predicted molar refractivity (Wildman–Crippen MR) is 129 cm³/mol. The molecule has 7 heteroatoms. The Bertz CT molecular complexity index is 594. The average molecular weight is 471 g/mol. The molecule has 1 aliphatic heterocycles. The summed E-state index contributed by atoms with van der Waals surface area (Å²) in [5, 5.41) is 11.0. The molecule has 0 aromatic heterocycles. The van der Waals surface area contributed by atoms with Crippen molar-refractivity contribution in [1.29, 1.82) is 0 Å². The van der Waals surface area contributed by atoms with Crippen LogP contribution in [0.4, 0.5) is 0 Å². The monoisotopic (exact) mass is 470 g/mol. The van der Waals surface area contributed by atoms with Gasteiger partial charge in [-0.05, 0) is 62.6 Å². The summed E-state index contributed by atoms with van der Waals surface area (Å²) >= 11 is 0. The number of rotatable bonds is 11. The molecule has 2 aliphatic rings. The fourth-order valence-electron chi connectivity index (χ4n) is 4.24. The van der Waals surface area contributed by atoms with Crippen LogP contribution in [0.15, 0.2) is 12.2 Å². The maximum atomic E-state index is 11.2. The van der Waals surface area contributed by atoms with E-state index in [9.17, 15) is 9.90 Å². The summed E-state index contributed by atoms with van der Waals surface area (Å²) < 4.78 is 23.5. The molecule has 6 nitrogen and oxygen atoms in total. The minimum Gasteiger partial charge on any atom is -0.469 e. The molecule has 186 valence electrons. The van der Waals surface area contributed by atoms with E-state index in [4.69, 9.17) is 13.9 Å². The van der Waals surface area contributed by atoms with Gasteiger partial charge in [0.1, 0.15) is 0 Å². The number of esters is 1. The van der Waals surface area contributed by atoms with E-state index in [1.54, 1.807) is 0 Å². The lowest BCUT2D eigenvalue weighted by Crippen LogP contribution is -2.44. The number of hydrogen-bond acceptors (Lipinski definition) is 6. The summed E-state index contributed by atoms with van der Waals surface area (Å²) in [6, 6.07) is 0. The van der Waals surface area contributed by atoms with Crippen molar-refractivity contribution in [3.63, 3.8) is 0 Å². The summed E-state index contributed by atoms with van der Waals surface area (Å²) in [4.78, 5) is 11.2. The van der Waals surface area contributed by atoms with E-state index in [1.807, 2.05) is 0 Å². The van der Waals surface area contributed by atoms with E-state index in [1.165, 1.54) is 7.11 Å². The first-order valence-corrected chi connectivity index (χ1v) is 15.3. The first kappa shape index (κ1) is 27.5. The van der Waals surface area contributed by atoms with Crippen LogP contribution >= 0.6 is 0 Å². The van der Waals surface area contributed by atoms with Crippen molar-refractivity contribution in [2.75, 3.05) is 20.3 Å². The fourth-order valence-corrected chi connectivity index (χ4v) is 5.28. The second-order valence-corrected chi connectivity index (χ2v) is 15.7. The molecule has 2 unspecified atom stereocenters. The number of carbonyl (C=O) groups excluding carboxylic acids is 1. The SMILES string of the molecule is COC(=O)CCC/C=C\C[C@H]1C(O)C[C@@H](OC2CCCCO2)[C@@H]1CO[Si](C)(C)C(C)(C)C. The van der Waals surface area contributed by atoms with Gasteiger partial charge in [-0.1, -0.05) is 32.9 Å². The second kappa shape index (κ2) is 12.7. The second-order valence-electron chi connectivity index (χ2n) is 10.8. The molecule has 0 aromatic rings. The van der Waals surface area contributed by atoms with E-state index >= 15 is 0 Å². The molecule has 0 spiro atoms. The maximum absolute atomic E-state index is 11.2. The average Bonchev–Trinajstić information content (AvgIpc) is 3.02. The van der Waals surface area contributed by atoms with Gasteiger partial charge in [0.2, 0.25) is 0 Å². The minimum atomic E-state index is -1.90. The van der Waals surface area contributed by atoms with Gasteiger partial charge in [-0.25, -0.2) is 0 Å². The molecule has 0 aromatic carbocycles. The van der Waals surface area contributed by atoms with Crippen LogP contribution in [-0.4, -0.2) is 58.2 Å². The van der Waals surface area contributed by atoms with E-state index < -0.39 is 14.4 Å². The van der Waals surface area contributed by atoms with Crippen LogP contribution in [0.3, 0.4) is 0 Å². The number of unbranched alkanes of at least 4 members (excludes halogenated alkanes) is 1. The van der Waals surface area contributed by atoms with Gasteiger partial charge < -0.3 is 23.7 Å². The smallest absolute Gasteiger partial charge is 0.305 e. The molecule has 32 heavy (non-hydrogen) atoms. The topological polar surface area (TPSA) is 74.2 Å². The summed E-state index contributed by atoms with van der Waals surface area (Å²) in [7, 11) is -0.480. The normalized spacial score (nSPS) is 29.5. The van der Waals surface area contributed by atoms with Crippen LogP contribution in [0.1, 0.15) is 72.1 Å². The zero-order chi connectivity index (χ0) is 23.8. The van der Waals surface area contributed by atoms with Gasteiger partial charge in [0.25, 0.3) is 0 Å². The van der Waals surface area contributed by atoms with Crippen molar-refractivity contribution in [1.82, 2.24) is 0 Å². The first-order chi connectivity index (χ1) is 15.0. The number of hydrogen-bond donors (Lipinski definition) is 1. The predicted octanol–water partition coefficient (Wildman–Crippen LogP) is 5.21. The van der Waals surface area contributed by atoms with E-state index in [2.05, 4.69) is 50.8 Å². The minimum absolute atomic E-state index is 0.0457. The van der Waals surface area contributed by atoms with Crippen LogP contribution < -0.4 is 0 Å². The molecular weight excluding hydrogens is 424 g/mol. The van der Waals surface area contributed by atoms with Gasteiger partial charge in [-0.3, -0.25) is 4.79 Å². The highest BCUT2D eigenvalue weighted by molar-refractivity contribution is 6.74. The number of aliphatic hydroxyl groups is 1. The van der Waals surface area contributed by atoms with Gasteiger partial charge in [-0.2, -0.15) is 0 Å². The Morgan fingerprint density at radius 2 is 1.94 bits per heavy atom. The standard InChI is InChI=1S/C25H46O6Si/c1-25(2,3)32(5,6)30-18-20-19(13-9-7-8-10-14-23(27)28-4)21(26)17-22(20)31-24-15-11-12-16-29-24/h7,9,19-22,24,26H,8,10-18H2,1-6H3/b9-7-/t19-,20-,21?,22-,24?/m1/s1. The highest BCUT2D eigenvalue weighted by Gasteiger charge is 2.46. The molecule has 0 bridgehead atoms. The number of aliphatic hydroxyl groups excluding tert-OH is 1. The lowest BCUT2D eigenvalue weighted by Gasteiger charge is -2.38. The molecule has 0 amide bonds. The number of ether oxygens (including phenoxy) is 3. The Labute approximate surface area is 196 Å². The summed E-state index contributed by atoms with van der Waals surface area (Å²) in [5.74, 6) is 0.0759. The number of carbonyl (C=O) groups is 1. The van der Waals surface area contributed by atoms with E-state index in [0.717, 1.165) is 45.1 Å². The Kier molecular flexibility index (Phi) is 10.9. The Hall–Kier alpha value is -0.733. The lowest BCUT2D eigenvalue weighted by molar-refractivity contribution is -0.197. The first-order valence-electron chi connectivity index (χ1n) is 12.4. The molecule has 1 N–H and O–H groups in total. The Balaban J connectivity index is 1.99. The molecule has 0 radical (unpaired) electrons. The van der Waals surface area contributed by atoms with E-state index in [-0.39, 0.29) is 35.2 Å². The Morgan fingerprint density at radius 3 is 2.56 bits per heavy atom. The third kappa shape index (κ3) is 8.24. The molecule has 1 heterocycles. The van der Waals surface area contributed by atoms with Crippen LogP contribution in [0, 0.1) is 11.8 Å². The zero-order valence-corrected chi connectivity index (χ0v) is 22.1. The number of allylic oxidation sites excluding steroid dienone is 2. The van der Waals surface area contributed by atoms with Crippen molar-refractivity contribution in [3.8, 4) is 0 Å². The molecular formula is C25H46O6Si. The van der Waals surface area contributed by atoms with Crippen molar-refractivity contribution >= 4 is 14.3 Å². The molecule has 1 aliphatic carbocycles. The van der Waals surface area contributed by atoms with Gasteiger partial charge >= 0.3 is 5.97 Å². The fraction of sp³-hybridized carbons (Fsp3) is 0.880. The largest absolute Gasteiger partial charge is 0.469 e. The molecule has 2 fully saturated rings. The summed E-state index contributed by atoms with van der Waals surface area (Å²) in [5.41, 5.74) is 0. The van der Waals surface area contributed by atoms with Crippen LogP contribution in [0.2, 0.25) is 18.1 Å². The summed E-state index contributed by atoms with van der Waals surface area (Å²) in [6.45, 7) is 12.7. The van der Waals surface area contributed by atoms with Gasteiger partial charge in [0, 0.05) is 32.0 Å². The van der Waals surface area contributed by atoms with Gasteiger partial charge in [0.15, 0.2) is 14.6 Å². The van der Waals surface area contributed by atoms with Crippen molar-refractivity contribution < 1.29 is 28.5 Å². The maximum Gasteiger partial charge on any atom is 0.305 e. The zero-order valence-electron chi connectivity index (χ0n) is 21.1. The molecule has 5 atom stereocenters. The third-order valence-electron chi connectivity index (χ3n) is 7.46. The van der Waals surface area contributed by atoms with Gasteiger partial charge in [-0.15, -0.1) is 0 Å². The van der Waals surface area contributed by atoms with Crippen LogP contribution in [-0.2, 0) is 23.4 Å². The van der Waals surface area contributed by atoms with Gasteiger partial charge in [0.05, 0.1) is 19.3 Å². The highest BCUT2D eigenvalue weighted by atomic mass is 28.4. The highest BCUT2D eigenvalue weighted by Crippen LogP contribution is 2.42. The van der Waals surface area contributed by atoms with Crippen LogP contribution in [0.5, 0.6) is 0 Å².